The summed E-state index contributed by atoms with van der Waals surface area (Å²) in [5.41, 5.74) is 3.74. The van der Waals surface area contributed by atoms with E-state index in [0.717, 1.165) is 29.1 Å². The first kappa shape index (κ1) is 12.8. The Kier molecular flexibility index (Phi) is 3.77. The van der Waals surface area contributed by atoms with Crippen molar-refractivity contribution < 1.29 is 4.39 Å². The van der Waals surface area contributed by atoms with Crippen LogP contribution in [0.2, 0.25) is 0 Å². The van der Waals surface area contributed by atoms with Crippen molar-refractivity contribution in [1.29, 1.82) is 0 Å². The van der Waals surface area contributed by atoms with Crippen molar-refractivity contribution in [3.63, 3.8) is 0 Å². The maximum atomic E-state index is 13.0. The number of aromatic nitrogens is 2. The molecular weight excluding hydrogens is 229 g/mol. The summed E-state index contributed by atoms with van der Waals surface area (Å²) >= 11 is 0. The molecule has 0 aliphatic rings. The highest BCUT2D eigenvalue weighted by Gasteiger charge is 2.07. The van der Waals surface area contributed by atoms with E-state index in [0.29, 0.717) is 6.04 Å². The summed E-state index contributed by atoms with van der Waals surface area (Å²) in [6.45, 7) is 6.84. The SMILES string of the molecule is Cc1cc(F)ccc1-c1cc(CNC(C)C)[nH]n1. The van der Waals surface area contributed by atoms with Gasteiger partial charge in [-0.05, 0) is 36.8 Å². The highest BCUT2D eigenvalue weighted by Crippen LogP contribution is 2.22. The number of aryl methyl sites for hydroxylation is 1. The van der Waals surface area contributed by atoms with E-state index in [9.17, 15) is 4.39 Å². The van der Waals surface area contributed by atoms with Gasteiger partial charge in [0.25, 0.3) is 0 Å². The first-order chi connectivity index (χ1) is 8.56. The lowest BCUT2D eigenvalue weighted by Crippen LogP contribution is -2.21. The number of aromatic amines is 1. The van der Waals surface area contributed by atoms with Crippen LogP contribution in [0.4, 0.5) is 4.39 Å². The van der Waals surface area contributed by atoms with E-state index < -0.39 is 0 Å². The fourth-order valence-electron chi connectivity index (χ4n) is 1.82. The standard InChI is InChI=1S/C14H18FN3/c1-9(2)16-8-12-7-14(18-17-12)13-5-4-11(15)6-10(13)3/h4-7,9,16H,8H2,1-3H3,(H,17,18). The molecule has 2 N–H and O–H groups in total. The molecule has 0 aliphatic heterocycles. The van der Waals surface area contributed by atoms with Gasteiger partial charge >= 0.3 is 0 Å². The lowest BCUT2D eigenvalue weighted by Gasteiger charge is -2.05. The minimum absolute atomic E-state index is 0.214. The molecule has 0 radical (unpaired) electrons. The molecule has 0 saturated heterocycles. The molecule has 0 atom stereocenters. The molecule has 1 heterocycles. The summed E-state index contributed by atoms with van der Waals surface area (Å²) < 4.78 is 13.0. The number of hydrogen-bond acceptors (Lipinski definition) is 2. The largest absolute Gasteiger partial charge is 0.309 e. The van der Waals surface area contributed by atoms with Crippen molar-refractivity contribution in [3.8, 4) is 11.3 Å². The van der Waals surface area contributed by atoms with Gasteiger partial charge in [0.05, 0.1) is 5.69 Å². The van der Waals surface area contributed by atoms with E-state index in [1.807, 2.05) is 13.0 Å². The van der Waals surface area contributed by atoms with Crippen LogP contribution in [0.5, 0.6) is 0 Å². The van der Waals surface area contributed by atoms with Crippen LogP contribution in [0.1, 0.15) is 25.1 Å². The van der Waals surface area contributed by atoms with Gasteiger partial charge in [-0.2, -0.15) is 5.10 Å². The molecule has 0 aliphatic carbocycles. The zero-order valence-corrected chi connectivity index (χ0v) is 10.9. The summed E-state index contributed by atoms with van der Waals surface area (Å²) in [6.07, 6.45) is 0. The number of hydrogen-bond donors (Lipinski definition) is 2. The van der Waals surface area contributed by atoms with E-state index in [2.05, 4.69) is 29.4 Å². The van der Waals surface area contributed by atoms with Crippen LogP contribution >= 0.6 is 0 Å². The van der Waals surface area contributed by atoms with Crippen LogP contribution in [-0.2, 0) is 6.54 Å². The third-order valence-corrected chi connectivity index (χ3v) is 2.80. The number of H-pyrrole nitrogens is 1. The molecule has 0 spiro atoms. The summed E-state index contributed by atoms with van der Waals surface area (Å²) in [5.74, 6) is -0.214. The number of benzene rings is 1. The molecule has 0 fully saturated rings. The molecule has 0 bridgehead atoms. The lowest BCUT2D eigenvalue weighted by atomic mass is 10.1. The van der Waals surface area contributed by atoms with E-state index in [-0.39, 0.29) is 5.82 Å². The third-order valence-electron chi connectivity index (χ3n) is 2.80. The van der Waals surface area contributed by atoms with E-state index in [4.69, 9.17) is 0 Å². The molecule has 0 saturated carbocycles. The highest BCUT2D eigenvalue weighted by atomic mass is 19.1. The topological polar surface area (TPSA) is 40.7 Å². The van der Waals surface area contributed by atoms with Crippen molar-refractivity contribution in [1.82, 2.24) is 15.5 Å². The van der Waals surface area contributed by atoms with Gasteiger partial charge in [0.15, 0.2) is 0 Å². The summed E-state index contributed by atoms with van der Waals surface area (Å²) in [4.78, 5) is 0. The second-order valence-electron chi connectivity index (χ2n) is 4.77. The second kappa shape index (κ2) is 5.31. The zero-order valence-electron chi connectivity index (χ0n) is 10.9. The van der Waals surface area contributed by atoms with Gasteiger partial charge in [0.2, 0.25) is 0 Å². The maximum absolute atomic E-state index is 13.0. The molecule has 96 valence electrons. The fraction of sp³-hybridized carbons (Fsp3) is 0.357. The summed E-state index contributed by atoms with van der Waals surface area (Å²) in [7, 11) is 0. The Morgan fingerprint density at radius 3 is 2.78 bits per heavy atom. The Labute approximate surface area is 106 Å². The third kappa shape index (κ3) is 2.96. The van der Waals surface area contributed by atoms with Crippen LogP contribution in [0, 0.1) is 12.7 Å². The maximum Gasteiger partial charge on any atom is 0.123 e. The predicted molar refractivity (Wildman–Crippen MR) is 70.7 cm³/mol. The highest BCUT2D eigenvalue weighted by molar-refractivity contribution is 5.63. The van der Waals surface area contributed by atoms with Crippen LogP contribution < -0.4 is 5.32 Å². The molecule has 3 nitrogen and oxygen atoms in total. The molecular formula is C14H18FN3. The predicted octanol–water partition coefficient (Wildman–Crippen LogP) is 3.02. The quantitative estimate of drug-likeness (QED) is 0.872. The van der Waals surface area contributed by atoms with Gasteiger partial charge in [-0.1, -0.05) is 13.8 Å². The molecule has 1 aromatic carbocycles. The van der Waals surface area contributed by atoms with Crippen molar-refractivity contribution in [2.45, 2.75) is 33.4 Å². The van der Waals surface area contributed by atoms with Crippen LogP contribution in [0.15, 0.2) is 24.3 Å². The average Bonchev–Trinajstić information content (AvgIpc) is 2.75. The van der Waals surface area contributed by atoms with Gasteiger partial charge in [0, 0.05) is 23.8 Å². The van der Waals surface area contributed by atoms with E-state index in [1.165, 1.54) is 12.1 Å². The molecule has 0 amide bonds. The second-order valence-corrected chi connectivity index (χ2v) is 4.77. The Hall–Kier alpha value is -1.68. The smallest absolute Gasteiger partial charge is 0.123 e. The number of halogens is 1. The van der Waals surface area contributed by atoms with Gasteiger partial charge in [-0.25, -0.2) is 4.39 Å². The molecule has 2 aromatic rings. The minimum atomic E-state index is -0.214. The van der Waals surface area contributed by atoms with Crippen molar-refractivity contribution in [2.24, 2.45) is 0 Å². The van der Waals surface area contributed by atoms with Crippen molar-refractivity contribution in [3.05, 3.63) is 41.3 Å². The van der Waals surface area contributed by atoms with Crippen LogP contribution in [0.25, 0.3) is 11.3 Å². The molecule has 4 heteroatoms. The number of rotatable bonds is 4. The summed E-state index contributed by atoms with van der Waals surface area (Å²) in [6, 6.07) is 7.18. The van der Waals surface area contributed by atoms with E-state index in [1.54, 1.807) is 6.07 Å². The first-order valence-electron chi connectivity index (χ1n) is 6.10. The van der Waals surface area contributed by atoms with Gasteiger partial charge < -0.3 is 5.32 Å². The van der Waals surface area contributed by atoms with E-state index >= 15 is 0 Å². The van der Waals surface area contributed by atoms with Gasteiger partial charge in [0.1, 0.15) is 5.82 Å². The summed E-state index contributed by atoms with van der Waals surface area (Å²) in [5, 5.41) is 10.6. The Balaban J connectivity index is 2.18. The number of nitrogens with one attached hydrogen (secondary N) is 2. The average molecular weight is 247 g/mol. The Bertz CT molecular complexity index is 532. The van der Waals surface area contributed by atoms with Gasteiger partial charge in [-0.15, -0.1) is 0 Å². The molecule has 18 heavy (non-hydrogen) atoms. The normalized spacial score (nSPS) is 11.2. The molecule has 0 unspecified atom stereocenters. The first-order valence-corrected chi connectivity index (χ1v) is 6.10. The molecule has 2 rings (SSSR count). The van der Waals surface area contributed by atoms with Crippen molar-refractivity contribution >= 4 is 0 Å². The van der Waals surface area contributed by atoms with Crippen LogP contribution in [-0.4, -0.2) is 16.2 Å². The zero-order chi connectivity index (χ0) is 13.1. The van der Waals surface area contributed by atoms with Gasteiger partial charge in [-0.3, -0.25) is 5.10 Å². The fourth-order valence-corrected chi connectivity index (χ4v) is 1.82. The van der Waals surface area contributed by atoms with Crippen LogP contribution in [0.3, 0.4) is 0 Å². The Morgan fingerprint density at radius 2 is 2.11 bits per heavy atom. The van der Waals surface area contributed by atoms with Crippen molar-refractivity contribution in [2.75, 3.05) is 0 Å². The lowest BCUT2D eigenvalue weighted by molar-refractivity contribution is 0.580. The minimum Gasteiger partial charge on any atom is -0.309 e. The monoisotopic (exact) mass is 247 g/mol. The Morgan fingerprint density at radius 1 is 1.33 bits per heavy atom. The number of nitrogens with zero attached hydrogens (tertiary/aromatic N) is 1. The molecule has 1 aromatic heterocycles.